The van der Waals surface area contributed by atoms with Gasteiger partial charge in [-0.15, -0.1) is 0 Å². The van der Waals surface area contributed by atoms with Crippen molar-refractivity contribution in [3.63, 3.8) is 0 Å². The number of hydrogen-bond donors (Lipinski definition) is 1. The topological polar surface area (TPSA) is 47.6 Å². The summed E-state index contributed by atoms with van der Waals surface area (Å²) >= 11 is 0. The van der Waals surface area contributed by atoms with Gasteiger partial charge in [0.15, 0.2) is 0 Å². The van der Waals surface area contributed by atoms with Crippen LogP contribution in [0.2, 0.25) is 0 Å². The van der Waals surface area contributed by atoms with Gasteiger partial charge in [0.1, 0.15) is 11.8 Å². The van der Waals surface area contributed by atoms with Gasteiger partial charge in [0, 0.05) is 11.6 Å². The van der Waals surface area contributed by atoms with E-state index in [4.69, 9.17) is 4.74 Å². The predicted molar refractivity (Wildman–Crippen MR) is 64.0 cm³/mol. The number of carbonyl (C=O) groups is 1. The van der Waals surface area contributed by atoms with Crippen LogP contribution in [-0.2, 0) is 9.53 Å². The minimum absolute atomic E-state index is 0.0129. The van der Waals surface area contributed by atoms with E-state index in [2.05, 4.69) is 10.1 Å². The normalized spacial score (nSPS) is 16.2. The second kappa shape index (κ2) is 5.97. The van der Waals surface area contributed by atoms with Crippen LogP contribution in [0.1, 0.15) is 24.4 Å². The van der Waals surface area contributed by atoms with Crippen molar-refractivity contribution < 1.29 is 23.0 Å². The molecular weight excluding hydrogens is 256 g/mol. The van der Waals surface area contributed by atoms with Gasteiger partial charge in [-0.1, -0.05) is 18.2 Å². The molecule has 4 nitrogen and oxygen atoms in total. The average molecular weight is 271 g/mol. The Labute approximate surface area is 109 Å². The fraction of sp³-hybridized carbons (Fsp3) is 0.462. The molecule has 19 heavy (non-hydrogen) atoms. The average Bonchev–Trinajstić information content (AvgIpc) is 3.19. The van der Waals surface area contributed by atoms with Crippen molar-refractivity contribution >= 4 is 5.97 Å². The molecule has 1 aliphatic carbocycles. The molecule has 2 rings (SSSR count). The Kier molecular flexibility index (Phi) is 4.31. The van der Waals surface area contributed by atoms with Crippen molar-refractivity contribution in [3.8, 4) is 5.75 Å². The first kappa shape index (κ1) is 13.7. The minimum Gasteiger partial charge on any atom is -0.468 e. The summed E-state index contributed by atoms with van der Waals surface area (Å²) in [5.74, 6) is -0.529. The molecule has 0 aromatic heterocycles. The molecule has 6 heteroatoms. The van der Waals surface area contributed by atoms with Gasteiger partial charge in [-0.05, 0) is 18.9 Å². The Bertz CT molecular complexity index is 449. The largest absolute Gasteiger partial charge is 0.468 e. The summed E-state index contributed by atoms with van der Waals surface area (Å²) in [7, 11) is 1.26. The number of carbonyl (C=O) groups excluding carboxylic acids is 1. The van der Waals surface area contributed by atoms with Crippen LogP contribution in [0, 0.1) is 0 Å². The lowest BCUT2D eigenvalue weighted by atomic mass is 10.1. The van der Waals surface area contributed by atoms with Gasteiger partial charge in [0.05, 0.1) is 7.11 Å². The zero-order valence-corrected chi connectivity index (χ0v) is 10.4. The fourth-order valence-electron chi connectivity index (χ4n) is 1.81. The summed E-state index contributed by atoms with van der Waals surface area (Å²) in [4.78, 5) is 11.8. The van der Waals surface area contributed by atoms with Crippen molar-refractivity contribution in [2.24, 2.45) is 0 Å². The molecule has 0 radical (unpaired) electrons. The SMILES string of the molecule is COC(=O)C(NC1CC1)c1ccccc1OC(F)F. The Morgan fingerprint density at radius 3 is 2.63 bits per heavy atom. The van der Waals surface area contributed by atoms with E-state index in [1.807, 2.05) is 0 Å². The monoisotopic (exact) mass is 271 g/mol. The maximum absolute atomic E-state index is 12.4. The van der Waals surface area contributed by atoms with Gasteiger partial charge in [-0.25, -0.2) is 4.79 Å². The van der Waals surface area contributed by atoms with E-state index in [-0.39, 0.29) is 11.8 Å². The van der Waals surface area contributed by atoms with E-state index >= 15 is 0 Å². The highest BCUT2D eigenvalue weighted by molar-refractivity contribution is 5.78. The summed E-state index contributed by atoms with van der Waals surface area (Å²) in [5, 5.41) is 3.07. The number of ether oxygens (including phenoxy) is 2. The molecule has 0 heterocycles. The van der Waals surface area contributed by atoms with Crippen LogP contribution in [0.15, 0.2) is 24.3 Å². The quantitative estimate of drug-likeness (QED) is 0.806. The van der Waals surface area contributed by atoms with Gasteiger partial charge in [0.2, 0.25) is 0 Å². The lowest BCUT2D eigenvalue weighted by molar-refractivity contribution is -0.143. The maximum atomic E-state index is 12.4. The van der Waals surface area contributed by atoms with Gasteiger partial charge in [-0.2, -0.15) is 8.78 Å². The predicted octanol–water partition coefficient (Wildman–Crippen LogP) is 2.25. The Hall–Kier alpha value is -1.69. The molecule has 1 aromatic rings. The van der Waals surface area contributed by atoms with E-state index < -0.39 is 18.6 Å². The van der Waals surface area contributed by atoms with E-state index in [9.17, 15) is 13.6 Å². The highest BCUT2D eigenvalue weighted by Gasteiger charge is 2.32. The summed E-state index contributed by atoms with van der Waals surface area (Å²) in [6.45, 7) is -2.93. The van der Waals surface area contributed by atoms with Crippen molar-refractivity contribution in [2.75, 3.05) is 7.11 Å². The van der Waals surface area contributed by atoms with E-state index in [0.29, 0.717) is 5.56 Å². The van der Waals surface area contributed by atoms with E-state index in [0.717, 1.165) is 12.8 Å². The number of alkyl halides is 2. The van der Waals surface area contributed by atoms with Crippen LogP contribution >= 0.6 is 0 Å². The molecule has 1 N–H and O–H groups in total. The van der Waals surface area contributed by atoms with Gasteiger partial charge >= 0.3 is 12.6 Å². The van der Waals surface area contributed by atoms with Crippen LogP contribution < -0.4 is 10.1 Å². The highest BCUT2D eigenvalue weighted by atomic mass is 19.3. The van der Waals surface area contributed by atoms with Gasteiger partial charge in [-0.3, -0.25) is 5.32 Å². The molecule has 0 bridgehead atoms. The van der Waals surface area contributed by atoms with Gasteiger partial charge < -0.3 is 9.47 Å². The van der Waals surface area contributed by atoms with E-state index in [1.54, 1.807) is 18.2 Å². The van der Waals surface area contributed by atoms with Crippen LogP contribution in [0.25, 0.3) is 0 Å². The zero-order valence-electron chi connectivity index (χ0n) is 10.4. The molecule has 1 aromatic carbocycles. The fourth-order valence-corrected chi connectivity index (χ4v) is 1.81. The molecule has 1 aliphatic rings. The summed E-state index contributed by atoms with van der Waals surface area (Å²) in [5.41, 5.74) is 0.363. The maximum Gasteiger partial charge on any atom is 0.387 e. The van der Waals surface area contributed by atoms with E-state index in [1.165, 1.54) is 13.2 Å². The molecule has 0 aliphatic heterocycles. The van der Waals surface area contributed by atoms with Crippen molar-refractivity contribution in [3.05, 3.63) is 29.8 Å². The first-order valence-corrected chi connectivity index (χ1v) is 5.99. The van der Waals surface area contributed by atoms with Crippen LogP contribution in [0.3, 0.4) is 0 Å². The molecular formula is C13H15F2NO3. The summed E-state index contributed by atoms with van der Waals surface area (Å²) in [6, 6.07) is 5.67. The lowest BCUT2D eigenvalue weighted by Gasteiger charge is -2.19. The number of nitrogens with one attached hydrogen (secondary N) is 1. The molecule has 0 amide bonds. The number of hydrogen-bond acceptors (Lipinski definition) is 4. The molecule has 1 fully saturated rings. The Balaban J connectivity index is 2.26. The zero-order chi connectivity index (χ0) is 13.8. The van der Waals surface area contributed by atoms with Crippen LogP contribution in [-0.4, -0.2) is 25.7 Å². The number of rotatable bonds is 6. The summed E-state index contributed by atoms with van der Waals surface area (Å²) in [6.07, 6.45) is 1.93. The highest BCUT2D eigenvalue weighted by Crippen LogP contribution is 2.30. The number of para-hydroxylation sites is 1. The third-order valence-corrected chi connectivity index (χ3v) is 2.86. The van der Waals surface area contributed by atoms with Crippen LogP contribution in [0.4, 0.5) is 8.78 Å². The van der Waals surface area contributed by atoms with Gasteiger partial charge in [0.25, 0.3) is 0 Å². The first-order valence-electron chi connectivity index (χ1n) is 5.99. The summed E-state index contributed by atoms with van der Waals surface area (Å²) < 4.78 is 33.9. The van der Waals surface area contributed by atoms with Crippen LogP contribution in [0.5, 0.6) is 5.75 Å². The molecule has 1 saturated carbocycles. The smallest absolute Gasteiger partial charge is 0.387 e. The molecule has 1 atom stereocenters. The Morgan fingerprint density at radius 1 is 1.37 bits per heavy atom. The molecule has 104 valence electrons. The number of methoxy groups -OCH3 is 1. The van der Waals surface area contributed by atoms with Crippen molar-refractivity contribution in [2.45, 2.75) is 31.5 Å². The number of esters is 1. The van der Waals surface area contributed by atoms with Crippen molar-refractivity contribution in [1.29, 1.82) is 0 Å². The lowest BCUT2D eigenvalue weighted by Crippen LogP contribution is -2.31. The third-order valence-electron chi connectivity index (χ3n) is 2.86. The second-order valence-electron chi connectivity index (χ2n) is 4.31. The van der Waals surface area contributed by atoms with Crippen molar-refractivity contribution in [1.82, 2.24) is 5.32 Å². The number of halogens is 2. The second-order valence-corrected chi connectivity index (χ2v) is 4.31. The molecule has 0 spiro atoms. The molecule has 1 unspecified atom stereocenters. The number of benzene rings is 1. The third kappa shape index (κ3) is 3.64. The first-order chi connectivity index (χ1) is 9.11. The molecule has 0 saturated heterocycles. The minimum atomic E-state index is -2.93. The Morgan fingerprint density at radius 2 is 2.05 bits per heavy atom. The standard InChI is InChI=1S/C13H15F2NO3/c1-18-12(17)11(16-8-6-7-8)9-4-2-3-5-10(9)19-13(14)15/h2-5,8,11,13,16H,6-7H2,1H3.